The highest BCUT2D eigenvalue weighted by molar-refractivity contribution is 5.61. The monoisotopic (exact) mass is 175 g/mol. The van der Waals surface area contributed by atoms with Crippen molar-refractivity contribution in [2.75, 3.05) is 0 Å². The molecule has 2 nitrogen and oxygen atoms in total. The Balaban J connectivity index is 2.35. The van der Waals surface area contributed by atoms with Crippen LogP contribution < -0.4 is 5.32 Å². The maximum absolute atomic E-state index is 10.6. The van der Waals surface area contributed by atoms with Crippen LogP contribution in [0.3, 0.4) is 0 Å². The maximum Gasteiger partial charge on any atom is 0.127 e. The van der Waals surface area contributed by atoms with Crippen LogP contribution in [-0.2, 0) is 17.9 Å². The fourth-order valence-corrected chi connectivity index (χ4v) is 1.68. The summed E-state index contributed by atoms with van der Waals surface area (Å²) in [6.07, 6.45) is 0.990. The third-order valence-corrected chi connectivity index (χ3v) is 2.59. The number of carbonyl (C=O) groups excluding carboxylic acids is 1. The molecule has 0 aromatic heterocycles. The average Bonchev–Trinajstić information content (AvgIpc) is 2.63. The Morgan fingerprint density at radius 3 is 2.92 bits per heavy atom. The fourth-order valence-electron chi connectivity index (χ4n) is 1.68. The third-order valence-electron chi connectivity index (χ3n) is 2.59. The van der Waals surface area contributed by atoms with Crippen LogP contribution in [0.2, 0.25) is 0 Å². The number of nitrogens with one attached hydrogen (secondary N) is 1. The van der Waals surface area contributed by atoms with Gasteiger partial charge in [0.1, 0.15) is 6.29 Å². The Morgan fingerprint density at radius 2 is 2.15 bits per heavy atom. The van der Waals surface area contributed by atoms with Crippen molar-refractivity contribution in [1.82, 2.24) is 5.32 Å². The standard InChI is InChI=1S/C11H13NO/c1-8(7-13)9-2-3-10-5-12-6-11(10)4-9/h2-4,7-8,12H,5-6H2,1H3. The first-order valence-corrected chi connectivity index (χ1v) is 4.59. The van der Waals surface area contributed by atoms with Gasteiger partial charge >= 0.3 is 0 Å². The van der Waals surface area contributed by atoms with E-state index in [-0.39, 0.29) is 5.92 Å². The molecule has 0 saturated carbocycles. The van der Waals surface area contributed by atoms with Crippen LogP contribution in [0, 0.1) is 0 Å². The van der Waals surface area contributed by atoms with Crippen LogP contribution in [0.5, 0.6) is 0 Å². The second kappa shape index (κ2) is 3.30. The van der Waals surface area contributed by atoms with Gasteiger partial charge in [0.15, 0.2) is 0 Å². The summed E-state index contributed by atoms with van der Waals surface area (Å²) < 4.78 is 0. The minimum Gasteiger partial charge on any atom is -0.309 e. The normalized spacial score (nSPS) is 16.7. The van der Waals surface area contributed by atoms with Gasteiger partial charge in [-0.3, -0.25) is 0 Å². The Morgan fingerprint density at radius 1 is 1.38 bits per heavy atom. The van der Waals surface area contributed by atoms with E-state index < -0.39 is 0 Å². The summed E-state index contributed by atoms with van der Waals surface area (Å²) in [7, 11) is 0. The number of hydrogen-bond donors (Lipinski definition) is 1. The zero-order valence-electron chi connectivity index (χ0n) is 7.71. The van der Waals surface area contributed by atoms with Crippen LogP contribution in [0.1, 0.15) is 29.5 Å². The Kier molecular flexibility index (Phi) is 2.15. The zero-order chi connectivity index (χ0) is 9.26. The molecule has 0 radical (unpaired) electrons. The van der Waals surface area contributed by atoms with E-state index in [9.17, 15) is 4.79 Å². The molecule has 1 N–H and O–H groups in total. The van der Waals surface area contributed by atoms with Crippen molar-refractivity contribution in [2.24, 2.45) is 0 Å². The van der Waals surface area contributed by atoms with Crippen molar-refractivity contribution in [1.29, 1.82) is 0 Å². The van der Waals surface area contributed by atoms with Gasteiger partial charge in [0.05, 0.1) is 0 Å². The molecule has 1 heterocycles. The van der Waals surface area contributed by atoms with Crippen LogP contribution in [-0.4, -0.2) is 6.29 Å². The quantitative estimate of drug-likeness (QED) is 0.691. The topological polar surface area (TPSA) is 29.1 Å². The highest BCUT2D eigenvalue weighted by Gasteiger charge is 2.12. The molecule has 1 aliphatic heterocycles. The maximum atomic E-state index is 10.6. The summed E-state index contributed by atoms with van der Waals surface area (Å²) in [5.74, 6) is 0.0194. The van der Waals surface area contributed by atoms with Crippen LogP contribution >= 0.6 is 0 Å². The van der Waals surface area contributed by atoms with Gasteiger partial charge in [-0.1, -0.05) is 25.1 Å². The van der Waals surface area contributed by atoms with E-state index in [0.29, 0.717) is 0 Å². The molecular weight excluding hydrogens is 162 g/mol. The Hall–Kier alpha value is -1.15. The molecule has 13 heavy (non-hydrogen) atoms. The summed E-state index contributed by atoms with van der Waals surface area (Å²) >= 11 is 0. The molecule has 1 aromatic rings. The van der Waals surface area contributed by atoms with E-state index in [1.54, 1.807) is 0 Å². The summed E-state index contributed by atoms with van der Waals surface area (Å²) in [6.45, 7) is 3.83. The predicted molar refractivity (Wildman–Crippen MR) is 51.5 cm³/mol. The number of hydrogen-bond acceptors (Lipinski definition) is 2. The molecule has 0 saturated heterocycles. The molecule has 0 fully saturated rings. The van der Waals surface area contributed by atoms with Gasteiger partial charge in [0, 0.05) is 19.0 Å². The lowest BCUT2D eigenvalue weighted by Crippen LogP contribution is -2.00. The molecule has 1 atom stereocenters. The number of benzene rings is 1. The molecule has 68 valence electrons. The molecule has 2 rings (SSSR count). The number of rotatable bonds is 2. The van der Waals surface area contributed by atoms with Crippen LogP contribution in [0.4, 0.5) is 0 Å². The van der Waals surface area contributed by atoms with Crippen molar-refractivity contribution in [3.05, 3.63) is 34.9 Å². The zero-order valence-corrected chi connectivity index (χ0v) is 7.71. The van der Waals surface area contributed by atoms with Gasteiger partial charge in [-0.25, -0.2) is 0 Å². The second-order valence-electron chi connectivity index (χ2n) is 3.56. The molecule has 0 spiro atoms. The molecule has 0 bridgehead atoms. The van der Waals surface area contributed by atoms with Crippen LogP contribution in [0.15, 0.2) is 18.2 Å². The first-order chi connectivity index (χ1) is 6.31. The van der Waals surface area contributed by atoms with Gasteiger partial charge in [-0.15, -0.1) is 0 Å². The SMILES string of the molecule is CC(C=O)c1ccc2c(c1)CNC2. The molecule has 1 unspecified atom stereocenters. The second-order valence-corrected chi connectivity index (χ2v) is 3.56. The largest absolute Gasteiger partial charge is 0.309 e. The van der Waals surface area contributed by atoms with E-state index in [2.05, 4.69) is 17.4 Å². The summed E-state index contributed by atoms with van der Waals surface area (Å²) in [5.41, 5.74) is 3.82. The molecular formula is C11H13NO. The average molecular weight is 175 g/mol. The molecule has 1 aliphatic rings. The van der Waals surface area contributed by atoms with Crippen molar-refractivity contribution in [3.63, 3.8) is 0 Å². The minimum atomic E-state index is 0.0194. The Bertz CT molecular complexity index is 333. The third kappa shape index (κ3) is 1.49. The van der Waals surface area contributed by atoms with E-state index in [0.717, 1.165) is 24.9 Å². The number of carbonyl (C=O) groups is 1. The highest BCUT2D eigenvalue weighted by Crippen LogP contribution is 2.21. The minimum absolute atomic E-state index is 0.0194. The van der Waals surface area contributed by atoms with E-state index in [4.69, 9.17) is 0 Å². The molecule has 1 aromatic carbocycles. The lowest BCUT2D eigenvalue weighted by Gasteiger charge is -2.05. The summed E-state index contributed by atoms with van der Waals surface area (Å²) in [4.78, 5) is 10.6. The number of aldehydes is 1. The first kappa shape index (κ1) is 8.45. The van der Waals surface area contributed by atoms with Crippen molar-refractivity contribution < 1.29 is 4.79 Å². The van der Waals surface area contributed by atoms with Gasteiger partial charge in [0.25, 0.3) is 0 Å². The van der Waals surface area contributed by atoms with Gasteiger partial charge in [0.2, 0.25) is 0 Å². The van der Waals surface area contributed by atoms with Gasteiger partial charge in [-0.05, 0) is 16.7 Å². The summed E-state index contributed by atoms with van der Waals surface area (Å²) in [6, 6.07) is 6.30. The highest BCUT2D eigenvalue weighted by atomic mass is 16.1. The molecule has 2 heteroatoms. The van der Waals surface area contributed by atoms with E-state index in [1.165, 1.54) is 11.1 Å². The molecule has 0 aliphatic carbocycles. The first-order valence-electron chi connectivity index (χ1n) is 4.59. The van der Waals surface area contributed by atoms with Crippen molar-refractivity contribution >= 4 is 6.29 Å². The lowest BCUT2D eigenvalue weighted by molar-refractivity contribution is -0.108. The molecule has 0 amide bonds. The van der Waals surface area contributed by atoms with Crippen LogP contribution in [0.25, 0.3) is 0 Å². The summed E-state index contributed by atoms with van der Waals surface area (Å²) in [5, 5.41) is 3.28. The predicted octanol–water partition coefficient (Wildman–Crippen LogP) is 1.59. The lowest BCUT2D eigenvalue weighted by atomic mass is 9.98. The van der Waals surface area contributed by atoms with Crippen molar-refractivity contribution in [2.45, 2.75) is 25.9 Å². The number of fused-ring (bicyclic) bond motifs is 1. The smallest absolute Gasteiger partial charge is 0.127 e. The van der Waals surface area contributed by atoms with E-state index in [1.807, 2.05) is 13.0 Å². The Labute approximate surface area is 78.0 Å². The van der Waals surface area contributed by atoms with Crippen molar-refractivity contribution in [3.8, 4) is 0 Å². The van der Waals surface area contributed by atoms with Gasteiger partial charge < -0.3 is 10.1 Å². The van der Waals surface area contributed by atoms with Gasteiger partial charge in [-0.2, -0.15) is 0 Å². The van der Waals surface area contributed by atoms with E-state index >= 15 is 0 Å². The fraction of sp³-hybridized carbons (Fsp3) is 0.364.